The zero-order valence-corrected chi connectivity index (χ0v) is 15.4. The minimum atomic E-state index is -1.12. The van der Waals surface area contributed by atoms with Crippen molar-refractivity contribution in [2.24, 2.45) is 0 Å². The van der Waals surface area contributed by atoms with E-state index in [0.717, 1.165) is 16.8 Å². The smallest absolute Gasteiger partial charge is 0.114 e. The highest BCUT2D eigenvalue weighted by Crippen LogP contribution is 2.24. The maximum Gasteiger partial charge on any atom is 0.114 e. The van der Waals surface area contributed by atoms with Gasteiger partial charge in [-0.2, -0.15) is 5.26 Å². The maximum atomic E-state index is 12.1. The Balaban J connectivity index is 1.91. The van der Waals surface area contributed by atoms with Crippen molar-refractivity contribution in [3.8, 4) is 6.07 Å². The number of rotatable bonds is 7. The van der Waals surface area contributed by atoms with Gasteiger partial charge in [-0.15, -0.1) is 11.8 Å². The van der Waals surface area contributed by atoms with Crippen molar-refractivity contribution in [3.63, 3.8) is 0 Å². The first-order valence-electron chi connectivity index (χ1n) is 7.57. The van der Waals surface area contributed by atoms with Gasteiger partial charge in [0.1, 0.15) is 11.1 Å². The van der Waals surface area contributed by atoms with Crippen molar-refractivity contribution in [2.45, 2.75) is 30.7 Å². The first-order chi connectivity index (χ1) is 11.5. The molecule has 0 aliphatic carbocycles. The largest absolute Gasteiger partial charge is 0.391 e. The summed E-state index contributed by atoms with van der Waals surface area (Å²) < 4.78 is 12.1. The number of pyridine rings is 1. The molecule has 0 radical (unpaired) electrons. The fourth-order valence-electron chi connectivity index (χ4n) is 2.30. The number of aliphatic hydroxyl groups excluding tert-OH is 1. The molecule has 2 aromatic rings. The molecule has 2 rings (SSSR count). The van der Waals surface area contributed by atoms with E-state index in [0.29, 0.717) is 22.1 Å². The fraction of sp³-hybridized carbons (Fsp3) is 0.333. The Morgan fingerprint density at radius 2 is 2.04 bits per heavy atom. The van der Waals surface area contributed by atoms with Crippen LogP contribution in [0.15, 0.2) is 41.4 Å². The van der Waals surface area contributed by atoms with Gasteiger partial charge >= 0.3 is 0 Å². The molecule has 0 saturated carbocycles. The molecule has 0 unspecified atom stereocenters. The van der Waals surface area contributed by atoms with E-state index in [2.05, 4.69) is 11.1 Å². The molecular weight excluding hydrogens is 340 g/mol. The monoisotopic (exact) mass is 360 g/mol. The average Bonchev–Trinajstić information content (AvgIpc) is 2.53. The van der Waals surface area contributed by atoms with E-state index in [4.69, 9.17) is 0 Å². The summed E-state index contributed by atoms with van der Waals surface area (Å²) in [5.74, 6) is 1.02. The highest BCUT2D eigenvalue weighted by molar-refractivity contribution is 7.99. The molecule has 0 saturated heterocycles. The topological polar surface area (TPSA) is 74.0 Å². The van der Waals surface area contributed by atoms with Crippen LogP contribution in [0.3, 0.4) is 0 Å². The van der Waals surface area contributed by atoms with Crippen LogP contribution in [0.25, 0.3) is 0 Å². The number of aliphatic hydroxyl groups is 1. The van der Waals surface area contributed by atoms with Crippen molar-refractivity contribution in [2.75, 3.05) is 11.5 Å². The van der Waals surface area contributed by atoms with Gasteiger partial charge in [-0.25, -0.2) is 4.98 Å². The van der Waals surface area contributed by atoms with Crippen LogP contribution in [-0.2, 0) is 16.6 Å². The van der Waals surface area contributed by atoms with E-state index < -0.39 is 16.9 Å². The second-order valence-corrected chi connectivity index (χ2v) is 8.08. The van der Waals surface area contributed by atoms with Crippen LogP contribution in [0.5, 0.6) is 0 Å². The molecule has 0 fully saturated rings. The minimum absolute atomic E-state index is 0.217. The molecular formula is C18H20N2O2S2. The van der Waals surface area contributed by atoms with E-state index in [1.165, 1.54) is 11.8 Å². The molecule has 1 aromatic heterocycles. The molecule has 0 aliphatic heterocycles. The van der Waals surface area contributed by atoms with Crippen LogP contribution in [0.2, 0.25) is 0 Å². The second kappa shape index (κ2) is 8.97. The Kier molecular flexibility index (Phi) is 6.98. The average molecular weight is 361 g/mol. The molecule has 0 spiro atoms. The molecule has 1 aromatic carbocycles. The Hall–Kier alpha value is -1.68. The van der Waals surface area contributed by atoms with Crippen LogP contribution in [-0.4, -0.2) is 31.9 Å². The van der Waals surface area contributed by atoms with Crippen molar-refractivity contribution >= 4 is 22.6 Å². The molecule has 4 nitrogen and oxygen atoms in total. The quantitative estimate of drug-likeness (QED) is 0.769. The van der Waals surface area contributed by atoms with Gasteiger partial charge in [0.2, 0.25) is 0 Å². The minimum Gasteiger partial charge on any atom is -0.391 e. The van der Waals surface area contributed by atoms with Crippen LogP contribution in [0.4, 0.5) is 0 Å². The summed E-state index contributed by atoms with van der Waals surface area (Å²) in [5, 5.41) is 20.0. The fourth-order valence-corrected chi connectivity index (χ4v) is 4.71. The predicted molar refractivity (Wildman–Crippen MR) is 98.3 cm³/mol. The second-order valence-electron chi connectivity index (χ2n) is 5.57. The third-order valence-electron chi connectivity index (χ3n) is 3.38. The molecule has 1 N–H and O–H groups in total. The van der Waals surface area contributed by atoms with Crippen LogP contribution < -0.4 is 0 Å². The van der Waals surface area contributed by atoms with Crippen molar-refractivity contribution in [1.29, 1.82) is 5.26 Å². The van der Waals surface area contributed by atoms with Gasteiger partial charge in [0.05, 0.1) is 17.4 Å². The predicted octanol–water partition coefficient (Wildman–Crippen LogP) is 2.97. The maximum absolute atomic E-state index is 12.1. The number of aromatic nitrogens is 1. The van der Waals surface area contributed by atoms with E-state index in [9.17, 15) is 14.6 Å². The van der Waals surface area contributed by atoms with Gasteiger partial charge in [0.25, 0.3) is 0 Å². The third kappa shape index (κ3) is 5.45. The number of hydrogen-bond acceptors (Lipinski definition) is 5. The molecule has 0 bridgehead atoms. The number of aryl methyl sites for hydroxylation is 2. The molecule has 1 heterocycles. The number of nitriles is 1. The van der Waals surface area contributed by atoms with E-state index >= 15 is 0 Å². The van der Waals surface area contributed by atoms with E-state index in [1.807, 2.05) is 50.2 Å². The SMILES string of the molecule is Cc1cc(C)c(C#N)c(SC[C@H](O)C[S@@](=O)Cc2ccccc2)n1. The lowest BCUT2D eigenvalue weighted by Crippen LogP contribution is -2.20. The Labute approximate surface area is 149 Å². The lowest BCUT2D eigenvalue weighted by molar-refractivity contribution is 0.224. The Morgan fingerprint density at radius 3 is 2.71 bits per heavy atom. The van der Waals surface area contributed by atoms with E-state index in [1.54, 1.807) is 0 Å². The summed E-state index contributed by atoms with van der Waals surface area (Å²) >= 11 is 1.34. The van der Waals surface area contributed by atoms with Crippen LogP contribution >= 0.6 is 11.8 Å². The standard InChI is InChI=1S/C18H20N2O2S2/c1-13-8-14(2)20-18(17(13)9-19)23-10-16(21)12-24(22)11-15-6-4-3-5-7-15/h3-8,16,21H,10-12H2,1-2H3/t16-,24-/m0/s1. The summed E-state index contributed by atoms with van der Waals surface area (Å²) in [5.41, 5.74) is 3.27. The van der Waals surface area contributed by atoms with Crippen molar-refractivity contribution in [1.82, 2.24) is 4.98 Å². The Morgan fingerprint density at radius 1 is 1.33 bits per heavy atom. The lowest BCUT2D eigenvalue weighted by Gasteiger charge is -2.12. The zero-order valence-electron chi connectivity index (χ0n) is 13.7. The molecule has 126 valence electrons. The van der Waals surface area contributed by atoms with Crippen molar-refractivity contribution in [3.05, 3.63) is 58.8 Å². The van der Waals surface area contributed by atoms with Gasteiger partial charge in [-0.3, -0.25) is 4.21 Å². The molecule has 0 aliphatic rings. The summed E-state index contributed by atoms with van der Waals surface area (Å²) in [6.45, 7) is 3.76. The third-order valence-corrected chi connectivity index (χ3v) is 5.92. The van der Waals surface area contributed by atoms with Crippen LogP contribution in [0.1, 0.15) is 22.4 Å². The number of nitrogens with zero attached hydrogens (tertiary/aromatic N) is 2. The Bertz CT molecular complexity index is 758. The summed E-state index contributed by atoms with van der Waals surface area (Å²) in [6.07, 6.45) is -0.700. The van der Waals surface area contributed by atoms with Gasteiger partial charge in [-0.05, 0) is 31.0 Å². The normalized spacial score (nSPS) is 13.2. The first-order valence-corrected chi connectivity index (χ1v) is 10.0. The summed E-state index contributed by atoms with van der Waals surface area (Å²) in [4.78, 5) is 4.38. The van der Waals surface area contributed by atoms with Gasteiger partial charge in [0, 0.05) is 28.0 Å². The number of thioether (sulfide) groups is 1. The summed E-state index contributed by atoms with van der Waals surface area (Å²) in [6, 6.07) is 13.6. The zero-order chi connectivity index (χ0) is 17.5. The van der Waals surface area contributed by atoms with Gasteiger partial charge in [0.15, 0.2) is 0 Å². The number of hydrogen-bond donors (Lipinski definition) is 1. The molecule has 2 atom stereocenters. The first kappa shape index (κ1) is 18.7. The van der Waals surface area contributed by atoms with Gasteiger partial charge < -0.3 is 5.11 Å². The molecule has 0 amide bonds. The van der Waals surface area contributed by atoms with Crippen molar-refractivity contribution < 1.29 is 9.32 Å². The van der Waals surface area contributed by atoms with E-state index in [-0.39, 0.29) is 5.75 Å². The highest BCUT2D eigenvalue weighted by atomic mass is 32.2. The van der Waals surface area contributed by atoms with Gasteiger partial charge in [-0.1, -0.05) is 30.3 Å². The van der Waals surface area contributed by atoms with Crippen LogP contribution in [0, 0.1) is 25.2 Å². The highest BCUT2D eigenvalue weighted by Gasteiger charge is 2.14. The molecule has 6 heteroatoms. The number of benzene rings is 1. The summed E-state index contributed by atoms with van der Waals surface area (Å²) in [7, 11) is -1.12. The lowest BCUT2D eigenvalue weighted by atomic mass is 10.1. The molecule has 24 heavy (non-hydrogen) atoms.